The normalized spacial score (nSPS) is 16.9. The van der Waals surface area contributed by atoms with Gasteiger partial charge in [0.05, 0.1) is 7.11 Å². The van der Waals surface area contributed by atoms with E-state index in [1.165, 1.54) is 30.4 Å². The molecule has 0 radical (unpaired) electrons. The van der Waals surface area contributed by atoms with Crippen LogP contribution in [-0.4, -0.2) is 7.11 Å². The van der Waals surface area contributed by atoms with E-state index >= 15 is 0 Å². The first-order valence-corrected chi connectivity index (χ1v) is 6.57. The summed E-state index contributed by atoms with van der Waals surface area (Å²) in [6.45, 7) is 4.42. The highest BCUT2D eigenvalue weighted by Crippen LogP contribution is 2.39. The highest BCUT2D eigenvalue weighted by atomic mass is 35.5. The lowest BCUT2D eigenvalue weighted by atomic mass is 9.77. The Labute approximate surface area is 116 Å². The van der Waals surface area contributed by atoms with Gasteiger partial charge in [-0.25, -0.2) is 0 Å². The van der Waals surface area contributed by atoms with Gasteiger partial charge in [0.1, 0.15) is 5.75 Å². The molecule has 0 heterocycles. The fourth-order valence-corrected chi connectivity index (χ4v) is 2.43. The summed E-state index contributed by atoms with van der Waals surface area (Å²) < 4.78 is 5.44. The van der Waals surface area contributed by atoms with Gasteiger partial charge >= 0.3 is 0 Å². The summed E-state index contributed by atoms with van der Waals surface area (Å²) in [7, 11) is 1.72. The minimum Gasteiger partial charge on any atom is -0.496 e. The van der Waals surface area contributed by atoms with E-state index in [-0.39, 0.29) is 18.4 Å². The molecule has 1 aromatic rings. The third-order valence-electron chi connectivity index (χ3n) is 3.94. The molecule has 102 valence electrons. The highest BCUT2D eigenvalue weighted by Gasteiger charge is 2.27. The topological polar surface area (TPSA) is 35.2 Å². The lowest BCUT2D eigenvalue weighted by molar-refractivity contribution is 0.259. The Morgan fingerprint density at radius 2 is 1.94 bits per heavy atom. The molecule has 18 heavy (non-hydrogen) atoms. The van der Waals surface area contributed by atoms with Crippen LogP contribution in [0.25, 0.3) is 0 Å². The van der Waals surface area contributed by atoms with Crippen molar-refractivity contribution in [3.63, 3.8) is 0 Å². The van der Waals surface area contributed by atoms with Gasteiger partial charge in [-0.05, 0) is 36.3 Å². The van der Waals surface area contributed by atoms with E-state index in [0.717, 1.165) is 5.75 Å². The molecule has 0 spiro atoms. The molecular weight excluding hydrogens is 246 g/mol. The van der Waals surface area contributed by atoms with Crippen molar-refractivity contribution in [3.8, 4) is 5.75 Å². The maximum absolute atomic E-state index is 6.37. The number of hydrogen-bond donors (Lipinski definition) is 1. The summed E-state index contributed by atoms with van der Waals surface area (Å²) >= 11 is 0. The van der Waals surface area contributed by atoms with Crippen LogP contribution in [0.1, 0.15) is 56.2 Å². The Morgan fingerprint density at radius 3 is 2.39 bits per heavy atom. The summed E-state index contributed by atoms with van der Waals surface area (Å²) in [5.74, 6) is 2.12. The molecule has 2 N–H and O–H groups in total. The number of nitrogens with two attached hydrogens (primary N) is 1. The molecule has 2 rings (SSSR count). The van der Waals surface area contributed by atoms with Gasteiger partial charge in [-0.3, -0.25) is 0 Å². The van der Waals surface area contributed by atoms with Crippen molar-refractivity contribution < 1.29 is 4.74 Å². The maximum atomic E-state index is 6.37. The average molecular weight is 270 g/mol. The molecule has 3 heteroatoms. The first-order chi connectivity index (χ1) is 8.13. The zero-order valence-corrected chi connectivity index (χ0v) is 12.3. The number of benzene rings is 1. The van der Waals surface area contributed by atoms with Crippen LogP contribution < -0.4 is 10.5 Å². The minimum atomic E-state index is 0. The molecule has 0 aromatic heterocycles. The van der Waals surface area contributed by atoms with Crippen molar-refractivity contribution in [2.75, 3.05) is 7.11 Å². The second kappa shape index (κ2) is 6.44. The molecule has 1 saturated carbocycles. The van der Waals surface area contributed by atoms with Gasteiger partial charge in [-0.1, -0.05) is 32.4 Å². The van der Waals surface area contributed by atoms with Crippen molar-refractivity contribution in [3.05, 3.63) is 29.3 Å². The van der Waals surface area contributed by atoms with E-state index < -0.39 is 0 Å². The predicted molar refractivity (Wildman–Crippen MR) is 78.6 cm³/mol. The highest BCUT2D eigenvalue weighted by molar-refractivity contribution is 5.85. The summed E-state index contributed by atoms with van der Waals surface area (Å²) in [4.78, 5) is 0. The average Bonchev–Trinajstić information content (AvgIpc) is 2.25. The molecule has 1 aliphatic rings. The Bertz CT molecular complexity index is 388. The Morgan fingerprint density at radius 1 is 1.28 bits per heavy atom. The number of hydrogen-bond acceptors (Lipinski definition) is 2. The van der Waals surface area contributed by atoms with Gasteiger partial charge in [-0.2, -0.15) is 0 Å². The van der Waals surface area contributed by atoms with E-state index in [0.29, 0.717) is 11.8 Å². The van der Waals surface area contributed by atoms with Gasteiger partial charge < -0.3 is 10.5 Å². The molecule has 2 nitrogen and oxygen atoms in total. The molecule has 1 atom stereocenters. The van der Waals surface area contributed by atoms with E-state index in [4.69, 9.17) is 10.5 Å². The summed E-state index contributed by atoms with van der Waals surface area (Å²) in [6.07, 6.45) is 3.84. The van der Waals surface area contributed by atoms with Crippen LogP contribution in [0.3, 0.4) is 0 Å². The number of methoxy groups -OCH3 is 1. The Balaban J connectivity index is 0.00000162. The van der Waals surface area contributed by atoms with Gasteiger partial charge in [-0.15, -0.1) is 12.4 Å². The molecule has 0 aliphatic heterocycles. The minimum absolute atomic E-state index is 0. The second-order valence-electron chi connectivity index (χ2n) is 5.37. The molecule has 1 fully saturated rings. The zero-order valence-electron chi connectivity index (χ0n) is 11.5. The van der Waals surface area contributed by atoms with E-state index in [2.05, 4.69) is 32.0 Å². The molecule has 0 amide bonds. The van der Waals surface area contributed by atoms with Crippen LogP contribution >= 0.6 is 12.4 Å². The van der Waals surface area contributed by atoms with Crippen molar-refractivity contribution >= 4 is 12.4 Å². The lowest BCUT2D eigenvalue weighted by Gasteiger charge is -2.32. The van der Waals surface area contributed by atoms with Crippen LogP contribution in [0.5, 0.6) is 5.75 Å². The SMILES string of the molecule is COc1ccc(C(C)C)cc1[C@@H](N)C1CCC1.Cl. The molecular formula is C15H24ClNO. The summed E-state index contributed by atoms with van der Waals surface area (Å²) in [5, 5.41) is 0. The summed E-state index contributed by atoms with van der Waals surface area (Å²) in [6, 6.07) is 6.56. The largest absolute Gasteiger partial charge is 0.496 e. The van der Waals surface area contributed by atoms with Crippen LogP contribution in [0.2, 0.25) is 0 Å². The van der Waals surface area contributed by atoms with Crippen molar-refractivity contribution in [1.29, 1.82) is 0 Å². The molecule has 1 aromatic carbocycles. The fraction of sp³-hybridized carbons (Fsp3) is 0.600. The van der Waals surface area contributed by atoms with Gasteiger partial charge in [0, 0.05) is 11.6 Å². The van der Waals surface area contributed by atoms with Gasteiger partial charge in [0.15, 0.2) is 0 Å². The molecule has 0 unspecified atom stereocenters. The number of ether oxygens (including phenoxy) is 1. The smallest absolute Gasteiger partial charge is 0.123 e. The van der Waals surface area contributed by atoms with Crippen molar-refractivity contribution in [2.45, 2.75) is 45.1 Å². The van der Waals surface area contributed by atoms with E-state index in [1.54, 1.807) is 7.11 Å². The molecule has 0 saturated heterocycles. The van der Waals surface area contributed by atoms with Crippen LogP contribution in [0, 0.1) is 5.92 Å². The quantitative estimate of drug-likeness (QED) is 0.895. The second-order valence-corrected chi connectivity index (χ2v) is 5.37. The van der Waals surface area contributed by atoms with Gasteiger partial charge in [0.2, 0.25) is 0 Å². The Kier molecular flexibility index (Phi) is 5.48. The van der Waals surface area contributed by atoms with Crippen LogP contribution in [-0.2, 0) is 0 Å². The van der Waals surface area contributed by atoms with E-state index in [9.17, 15) is 0 Å². The van der Waals surface area contributed by atoms with Crippen molar-refractivity contribution in [2.24, 2.45) is 11.7 Å². The lowest BCUT2D eigenvalue weighted by Crippen LogP contribution is -2.27. The standard InChI is InChI=1S/C15H23NO.ClH/c1-10(2)12-7-8-14(17-3)13(9-12)15(16)11-5-4-6-11;/h7-11,15H,4-6,16H2,1-3H3;1H/t15-;/m0./s1. The van der Waals surface area contributed by atoms with E-state index in [1.807, 2.05) is 0 Å². The van der Waals surface area contributed by atoms with Crippen molar-refractivity contribution in [1.82, 2.24) is 0 Å². The molecule has 0 bridgehead atoms. The predicted octanol–water partition coefficient (Wildman–Crippen LogP) is 4.04. The van der Waals surface area contributed by atoms with Crippen LogP contribution in [0.4, 0.5) is 0 Å². The third-order valence-corrected chi connectivity index (χ3v) is 3.94. The number of rotatable bonds is 4. The first kappa shape index (κ1) is 15.3. The zero-order chi connectivity index (χ0) is 12.4. The fourth-order valence-electron chi connectivity index (χ4n) is 2.43. The maximum Gasteiger partial charge on any atom is 0.123 e. The van der Waals surface area contributed by atoms with Crippen LogP contribution in [0.15, 0.2) is 18.2 Å². The van der Waals surface area contributed by atoms with Gasteiger partial charge in [0.25, 0.3) is 0 Å². The summed E-state index contributed by atoms with van der Waals surface area (Å²) in [5.41, 5.74) is 8.89. The molecule has 1 aliphatic carbocycles. The first-order valence-electron chi connectivity index (χ1n) is 6.57. The third kappa shape index (κ3) is 2.99. The number of halogens is 1. The monoisotopic (exact) mass is 269 g/mol. The Hall–Kier alpha value is -0.730.